The number of nitrogens with zero attached hydrogens (tertiary/aromatic N) is 6. The van der Waals surface area contributed by atoms with Crippen LogP contribution in [0.25, 0.3) is 28.2 Å². The molecule has 2 heterocycles. The number of hydrogen-bond donors (Lipinski definition) is 3. The van der Waals surface area contributed by atoms with Gasteiger partial charge in [-0.1, -0.05) is 43.3 Å². The fraction of sp³-hybridized carbons (Fsp3) is 0.154. The first-order valence-electron chi connectivity index (χ1n) is 11.5. The molecule has 0 radical (unpaired) electrons. The lowest BCUT2D eigenvalue weighted by Crippen LogP contribution is -2.14. The number of aromatic amines is 2. The fourth-order valence-corrected chi connectivity index (χ4v) is 3.93. The zero-order valence-corrected chi connectivity index (χ0v) is 20.0. The Morgan fingerprint density at radius 1 is 0.972 bits per heavy atom. The number of para-hydroxylation sites is 1. The molecule has 0 aliphatic heterocycles. The highest BCUT2D eigenvalue weighted by atomic mass is 16.3. The zero-order chi connectivity index (χ0) is 25.2. The van der Waals surface area contributed by atoms with E-state index in [4.69, 9.17) is 0 Å². The van der Waals surface area contributed by atoms with Gasteiger partial charge in [-0.3, -0.25) is 9.89 Å². The molecule has 0 saturated carbocycles. The lowest BCUT2D eigenvalue weighted by molar-refractivity contribution is 0.478. The molecule has 10 nitrogen and oxygen atoms in total. The average molecular weight is 481 g/mol. The topological polar surface area (TPSA) is 137 Å². The van der Waals surface area contributed by atoms with Crippen LogP contribution >= 0.6 is 0 Å². The van der Waals surface area contributed by atoms with Crippen LogP contribution in [-0.4, -0.2) is 35.5 Å². The van der Waals surface area contributed by atoms with Crippen LogP contribution in [0.5, 0.6) is 5.75 Å². The molecule has 3 N–H and O–H groups in total. The Hall–Kier alpha value is -4.86. The molecule has 0 fully saturated rings. The minimum absolute atomic E-state index is 0.0467. The predicted octanol–water partition coefficient (Wildman–Crippen LogP) is 5.31. The second kappa shape index (κ2) is 9.41. The first kappa shape index (κ1) is 22.9. The predicted molar refractivity (Wildman–Crippen MR) is 136 cm³/mol. The summed E-state index contributed by atoms with van der Waals surface area (Å²) in [4.78, 5) is 13.2. The maximum absolute atomic E-state index is 13.2. The smallest absolute Gasteiger partial charge is 0.299 e. The standard InChI is InChI=1S/C26H24N8O2/c1-4-21-23(26(36)34(31-21)19-12-11-15(2)16(3)13-19)28-27-22-10-6-9-20(24(22)35)17-7-5-8-18(14-17)25-29-32-33-30-25/h5-14,31,35H,4H2,1-3H3,(H,29,30,32,33). The quantitative estimate of drug-likeness (QED) is 0.283. The van der Waals surface area contributed by atoms with Gasteiger partial charge in [0.2, 0.25) is 5.82 Å². The molecule has 10 heteroatoms. The molecule has 0 spiro atoms. The number of H-pyrrole nitrogens is 2. The lowest BCUT2D eigenvalue weighted by Gasteiger charge is -2.07. The van der Waals surface area contributed by atoms with Gasteiger partial charge in [-0.25, -0.2) is 4.68 Å². The minimum atomic E-state index is -0.303. The monoisotopic (exact) mass is 480 g/mol. The van der Waals surface area contributed by atoms with E-state index in [0.29, 0.717) is 23.5 Å². The molecule has 0 atom stereocenters. The van der Waals surface area contributed by atoms with Gasteiger partial charge in [0, 0.05) is 11.1 Å². The summed E-state index contributed by atoms with van der Waals surface area (Å²) < 4.78 is 1.47. The van der Waals surface area contributed by atoms with Crippen LogP contribution in [0.1, 0.15) is 23.7 Å². The van der Waals surface area contributed by atoms with E-state index in [1.54, 1.807) is 18.2 Å². The first-order chi connectivity index (χ1) is 17.5. The van der Waals surface area contributed by atoms with Crippen LogP contribution in [0.3, 0.4) is 0 Å². The van der Waals surface area contributed by atoms with E-state index in [9.17, 15) is 9.90 Å². The Kier molecular flexibility index (Phi) is 5.99. The average Bonchev–Trinajstić information content (AvgIpc) is 3.54. The molecular formula is C26H24N8O2. The maximum atomic E-state index is 13.2. The van der Waals surface area contributed by atoms with Gasteiger partial charge >= 0.3 is 0 Å². The number of aromatic nitrogens is 6. The Balaban J connectivity index is 1.51. The lowest BCUT2D eigenvalue weighted by atomic mass is 10.0. The molecular weight excluding hydrogens is 456 g/mol. The number of phenols is 1. The van der Waals surface area contributed by atoms with E-state index in [-0.39, 0.29) is 22.7 Å². The van der Waals surface area contributed by atoms with Crippen LogP contribution in [0, 0.1) is 13.8 Å². The van der Waals surface area contributed by atoms with Crippen molar-refractivity contribution >= 4 is 11.4 Å². The van der Waals surface area contributed by atoms with Gasteiger partial charge in [-0.15, -0.1) is 20.4 Å². The van der Waals surface area contributed by atoms with Crippen LogP contribution in [0.15, 0.2) is 75.7 Å². The van der Waals surface area contributed by atoms with Gasteiger partial charge in [0.15, 0.2) is 11.4 Å². The number of hydrogen-bond acceptors (Lipinski definition) is 7. The summed E-state index contributed by atoms with van der Waals surface area (Å²) in [6.07, 6.45) is 0.566. The summed E-state index contributed by atoms with van der Waals surface area (Å²) in [7, 11) is 0. The van der Waals surface area contributed by atoms with E-state index >= 15 is 0 Å². The molecule has 180 valence electrons. The Morgan fingerprint density at radius 2 is 1.78 bits per heavy atom. The van der Waals surface area contributed by atoms with Gasteiger partial charge in [-0.05, 0) is 66.4 Å². The summed E-state index contributed by atoms with van der Waals surface area (Å²) in [5.41, 5.74) is 5.83. The number of rotatable bonds is 6. The minimum Gasteiger partial charge on any atom is -0.505 e. The van der Waals surface area contributed by atoms with Gasteiger partial charge in [0.05, 0.1) is 11.4 Å². The van der Waals surface area contributed by atoms with Crippen molar-refractivity contribution in [2.45, 2.75) is 27.2 Å². The molecule has 0 unspecified atom stereocenters. The molecule has 0 aliphatic rings. The number of tetrazole rings is 1. The molecule has 5 rings (SSSR count). The van der Waals surface area contributed by atoms with Crippen molar-refractivity contribution in [3.8, 4) is 34.0 Å². The molecule has 36 heavy (non-hydrogen) atoms. The van der Waals surface area contributed by atoms with Crippen molar-refractivity contribution in [2.24, 2.45) is 10.2 Å². The van der Waals surface area contributed by atoms with Gasteiger partial charge in [0.25, 0.3) is 5.56 Å². The third-order valence-electron chi connectivity index (χ3n) is 6.09. The molecule has 0 amide bonds. The van der Waals surface area contributed by atoms with Crippen molar-refractivity contribution < 1.29 is 5.11 Å². The summed E-state index contributed by atoms with van der Waals surface area (Å²) in [5.74, 6) is 0.404. The van der Waals surface area contributed by atoms with E-state index in [1.807, 2.05) is 63.2 Å². The Morgan fingerprint density at radius 3 is 2.53 bits per heavy atom. The van der Waals surface area contributed by atoms with Crippen LogP contribution < -0.4 is 5.56 Å². The second-order valence-electron chi connectivity index (χ2n) is 8.39. The fourth-order valence-electron chi connectivity index (χ4n) is 3.93. The third kappa shape index (κ3) is 4.20. The molecule has 5 aromatic rings. The number of benzene rings is 3. The van der Waals surface area contributed by atoms with Crippen molar-refractivity contribution in [3.05, 3.63) is 87.8 Å². The van der Waals surface area contributed by atoms with Crippen molar-refractivity contribution in [1.29, 1.82) is 0 Å². The largest absolute Gasteiger partial charge is 0.505 e. The van der Waals surface area contributed by atoms with Crippen molar-refractivity contribution in [2.75, 3.05) is 0 Å². The van der Waals surface area contributed by atoms with E-state index in [2.05, 4.69) is 36.0 Å². The zero-order valence-electron chi connectivity index (χ0n) is 20.0. The van der Waals surface area contributed by atoms with Crippen LogP contribution in [0.4, 0.5) is 11.4 Å². The van der Waals surface area contributed by atoms with Crippen molar-refractivity contribution in [1.82, 2.24) is 30.4 Å². The van der Waals surface area contributed by atoms with Crippen LogP contribution in [0.2, 0.25) is 0 Å². The normalized spacial score (nSPS) is 11.4. The summed E-state index contributed by atoms with van der Waals surface area (Å²) in [5, 5.41) is 36.7. The van der Waals surface area contributed by atoms with Crippen LogP contribution in [-0.2, 0) is 6.42 Å². The first-order valence-corrected chi connectivity index (χ1v) is 11.5. The SMILES string of the molecule is CCc1[nH]n(-c2ccc(C)c(C)c2)c(=O)c1N=Nc1cccc(-c2cccc(-c3nn[nH]n3)c2)c1O. The highest BCUT2D eigenvalue weighted by molar-refractivity contribution is 5.78. The summed E-state index contributed by atoms with van der Waals surface area (Å²) in [6.45, 7) is 5.96. The van der Waals surface area contributed by atoms with E-state index < -0.39 is 0 Å². The van der Waals surface area contributed by atoms with Gasteiger partial charge in [0.1, 0.15) is 5.69 Å². The summed E-state index contributed by atoms with van der Waals surface area (Å²) >= 11 is 0. The molecule has 3 aromatic carbocycles. The Bertz CT molecular complexity index is 1630. The highest BCUT2D eigenvalue weighted by Gasteiger charge is 2.16. The second-order valence-corrected chi connectivity index (χ2v) is 8.39. The Labute approximate surface area is 206 Å². The number of azo groups is 1. The number of phenolic OH excluding ortho intramolecular Hbond substituents is 1. The van der Waals surface area contributed by atoms with Crippen molar-refractivity contribution in [3.63, 3.8) is 0 Å². The number of nitrogens with one attached hydrogen (secondary N) is 2. The molecule has 0 bridgehead atoms. The van der Waals surface area contributed by atoms with E-state index in [1.165, 1.54) is 4.68 Å². The molecule has 2 aromatic heterocycles. The molecule has 0 saturated heterocycles. The summed E-state index contributed by atoms with van der Waals surface area (Å²) in [6, 6.07) is 18.4. The number of aromatic hydroxyl groups is 1. The highest BCUT2D eigenvalue weighted by Crippen LogP contribution is 2.38. The number of aryl methyl sites for hydroxylation is 3. The van der Waals surface area contributed by atoms with Gasteiger partial charge in [-0.2, -0.15) is 5.21 Å². The van der Waals surface area contributed by atoms with E-state index in [0.717, 1.165) is 27.9 Å². The third-order valence-corrected chi connectivity index (χ3v) is 6.09. The maximum Gasteiger partial charge on any atom is 0.299 e. The van der Waals surface area contributed by atoms with Gasteiger partial charge < -0.3 is 5.11 Å². The molecule has 0 aliphatic carbocycles.